The van der Waals surface area contributed by atoms with Gasteiger partial charge in [0.25, 0.3) is 5.91 Å². The van der Waals surface area contributed by atoms with Crippen molar-refractivity contribution in [1.82, 2.24) is 5.32 Å². The molecule has 0 bridgehead atoms. The molecule has 0 aliphatic heterocycles. The monoisotopic (exact) mass is 253 g/mol. The SMILES string of the molecule is CSCCC(C)NC(=O)c1cc(C)ccc1O. The first-order chi connectivity index (χ1) is 8.04. The lowest BCUT2D eigenvalue weighted by Gasteiger charge is -2.14. The zero-order valence-corrected chi connectivity index (χ0v) is 11.3. The lowest BCUT2D eigenvalue weighted by atomic mass is 10.1. The Balaban J connectivity index is 2.66. The van der Waals surface area contributed by atoms with Crippen molar-refractivity contribution in [3.05, 3.63) is 29.3 Å². The molecule has 1 rings (SSSR count). The number of hydrogen-bond acceptors (Lipinski definition) is 3. The van der Waals surface area contributed by atoms with Gasteiger partial charge in [-0.05, 0) is 44.4 Å². The lowest BCUT2D eigenvalue weighted by molar-refractivity contribution is 0.0937. The summed E-state index contributed by atoms with van der Waals surface area (Å²) in [5.41, 5.74) is 1.31. The van der Waals surface area contributed by atoms with Gasteiger partial charge in [-0.3, -0.25) is 4.79 Å². The molecular formula is C13H19NO2S. The van der Waals surface area contributed by atoms with Gasteiger partial charge in [0.2, 0.25) is 0 Å². The first-order valence-corrected chi connectivity index (χ1v) is 7.03. The predicted molar refractivity (Wildman–Crippen MR) is 72.8 cm³/mol. The number of rotatable bonds is 5. The van der Waals surface area contributed by atoms with Gasteiger partial charge in [-0.15, -0.1) is 0 Å². The molecule has 94 valence electrons. The normalized spacial score (nSPS) is 12.2. The van der Waals surface area contributed by atoms with E-state index in [-0.39, 0.29) is 17.7 Å². The Bertz CT molecular complexity index is 393. The summed E-state index contributed by atoms with van der Waals surface area (Å²) < 4.78 is 0. The molecule has 1 amide bonds. The quantitative estimate of drug-likeness (QED) is 0.848. The molecule has 0 aliphatic rings. The van der Waals surface area contributed by atoms with E-state index in [4.69, 9.17) is 0 Å². The van der Waals surface area contributed by atoms with Gasteiger partial charge in [-0.25, -0.2) is 0 Å². The van der Waals surface area contributed by atoms with Crippen molar-refractivity contribution in [3.63, 3.8) is 0 Å². The second-order valence-corrected chi connectivity index (χ2v) is 5.16. The molecule has 0 saturated carbocycles. The van der Waals surface area contributed by atoms with Crippen molar-refractivity contribution < 1.29 is 9.90 Å². The Labute approximate surface area is 107 Å². The number of carbonyl (C=O) groups excluding carboxylic acids is 1. The van der Waals surface area contributed by atoms with Gasteiger partial charge < -0.3 is 10.4 Å². The van der Waals surface area contributed by atoms with Crippen molar-refractivity contribution in [2.75, 3.05) is 12.0 Å². The van der Waals surface area contributed by atoms with Gasteiger partial charge in [0.1, 0.15) is 5.75 Å². The van der Waals surface area contributed by atoms with Crippen molar-refractivity contribution in [2.45, 2.75) is 26.3 Å². The van der Waals surface area contributed by atoms with Crippen molar-refractivity contribution in [2.24, 2.45) is 0 Å². The Morgan fingerprint density at radius 1 is 1.53 bits per heavy atom. The predicted octanol–water partition coefficient (Wildman–Crippen LogP) is 2.57. The van der Waals surface area contributed by atoms with Crippen LogP contribution in [0.3, 0.4) is 0 Å². The van der Waals surface area contributed by atoms with Gasteiger partial charge in [0, 0.05) is 6.04 Å². The Hall–Kier alpha value is -1.16. The third kappa shape index (κ3) is 4.30. The van der Waals surface area contributed by atoms with Crippen LogP contribution in [0.15, 0.2) is 18.2 Å². The number of aryl methyl sites for hydroxylation is 1. The molecule has 1 atom stereocenters. The zero-order valence-electron chi connectivity index (χ0n) is 10.5. The lowest BCUT2D eigenvalue weighted by Crippen LogP contribution is -2.33. The topological polar surface area (TPSA) is 49.3 Å². The Kier molecular flexibility index (Phi) is 5.35. The van der Waals surface area contributed by atoms with Gasteiger partial charge >= 0.3 is 0 Å². The van der Waals surface area contributed by atoms with Crippen LogP contribution in [-0.4, -0.2) is 29.1 Å². The molecule has 0 aliphatic carbocycles. The Morgan fingerprint density at radius 3 is 2.88 bits per heavy atom. The number of phenols is 1. The van der Waals surface area contributed by atoms with Crippen LogP contribution in [0, 0.1) is 6.92 Å². The molecular weight excluding hydrogens is 234 g/mol. The molecule has 1 aromatic carbocycles. The highest BCUT2D eigenvalue weighted by molar-refractivity contribution is 7.98. The summed E-state index contributed by atoms with van der Waals surface area (Å²) in [5, 5.41) is 12.5. The molecule has 0 spiro atoms. The number of carbonyl (C=O) groups is 1. The van der Waals surface area contributed by atoms with Crippen LogP contribution >= 0.6 is 11.8 Å². The van der Waals surface area contributed by atoms with E-state index in [1.807, 2.05) is 20.1 Å². The molecule has 0 saturated heterocycles. The van der Waals surface area contributed by atoms with E-state index in [2.05, 4.69) is 5.32 Å². The third-order valence-electron chi connectivity index (χ3n) is 2.53. The highest BCUT2D eigenvalue weighted by Gasteiger charge is 2.13. The maximum atomic E-state index is 11.9. The highest BCUT2D eigenvalue weighted by atomic mass is 32.2. The molecule has 0 aromatic heterocycles. The number of benzene rings is 1. The summed E-state index contributed by atoms with van der Waals surface area (Å²) in [6.07, 6.45) is 2.97. The van der Waals surface area contributed by atoms with Gasteiger partial charge in [0.15, 0.2) is 0 Å². The van der Waals surface area contributed by atoms with Crippen LogP contribution in [0.2, 0.25) is 0 Å². The van der Waals surface area contributed by atoms with Crippen LogP contribution in [-0.2, 0) is 0 Å². The fraction of sp³-hybridized carbons (Fsp3) is 0.462. The highest BCUT2D eigenvalue weighted by Crippen LogP contribution is 2.18. The number of hydrogen-bond donors (Lipinski definition) is 2. The first-order valence-electron chi connectivity index (χ1n) is 5.64. The summed E-state index contributed by atoms with van der Waals surface area (Å²) in [6, 6.07) is 5.15. The summed E-state index contributed by atoms with van der Waals surface area (Å²) >= 11 is 1.76. The minimum absolute atomic E-state index is 0.0326. The second-order valence-electron chi connectivity index (χ2n) is 4.18. The van der Waals surface area contributed by atoms with E-state index in [9.17, 15) is 9.90 Å². The second kappa shape index (κ2) is 6.55. The fourth-order valence-electron chi connectivity index (χ4n) is 1.50. The summed E-state index contributed by atoms with van der Waals surface area (Å²) in [6.45, 7) is 3.87. The van der Waals surface area contributed by atoms with Crippen molar-refractivity contribution >= 4 is 17.7 Å². The fourth-order valence-corrected chi connectivity index (χ4v) is 2.09. The largest absolute Gasteiger partial charge is 0.507 e. The van der Waals surface area contributed by atoms with E-state index in [0.29, 0.717) is 5.56 Å². The molecule has 1 aromatic rings. The average molecular weight is 253 g/mol. The number of phenolic OH excluding ortho intramolecular Hbond substituents is 1. The maximum Gasteiger partial charge on any atom is 0.255 e. The van der Waals surface area contributed by atoms with Crippen LogP contribution in [0.1, 0.15) is 29.3 Å². The van der Waals surface area contributed by atoms with Crippen LogP contribution in [0.25, 0.3) is 0 Å². The molecule has 3 nitrogen and oxygen atoms in total. The van der Waals surface area contributed by atoms with E-state index >= 15 is 0 Å². The van der Waals surface area contributed by atoms with Gasteiger partial charge in [-0.1, -0.05) is 11.6 Å². The van der Waals surface area contributed by atoms with Gasteiger partial charge in [-0.2, -0.15) is 11.8 Å². The van der Waals surface area contributed by atoms with Crippen molar-refractivity contribution in [1.29, 1.82) is 0 Å². The smallest absolute Gasteiger partial charge is 0.255 e. The van der Waals surface area contributed by atoms with E-state index in [0.717, 1.165) is 17.7 Å². The minimum atomic E-state index is -0.209. The maximum absolute atomic E-state index is 11.9. The number of aromatic hydroxyl groups is 1. The number of nitrogens with one attached hydrogen (secondary N) is 1. The van der Waals surface area contributed by atoms with E-state index in [1.165, 1.54) is 0 Å². The molecule has 0 radical (unpaired) electrons. The average Bonchev–Trinajstić information content (AvgIpc) is 2.29. The zero-order chi connectivity index (χ0) is 12.8. The van der Waals surface area contributed by atoms with Crippen molar-refractivity contribution in [3.8, 4) is 5.75 Å². The van der Waals surface area contributed by atoms with Crippen LogP contribution in [0.4, 0.5) is 0 Å². The van der Waals surface area contributed by atoms with Crippen LogP contribution < -0.4 is 5.32 Å². The minimum Gasteiger partial charge on any atom is -0.507 e. The number of thioether (sulfide) groups is 1. The summed E-state index contributed by atoms with van der Waals surface area (Å²) in [4.78, 5) is 11.9. The number of amides is 1. The van der Waals surface area contributed by atoms with E-state index in [1.54, 1.807) is 30.0 Å². The molecule has 17 heavy (non-hydrogen) atoms. The van der Waals surface area contributed by atoms with Gasteiger partial charge in [0.05, 0.1) is 5.56 Å². The molecule has 4 heteroatoms. The summed E-state index contributed by atoms with van der Waals surface area (Å²) in [7, 11) is 0. The first kappa shape index (κ1) is 13.9. The third-order valence-corrected chi connectivity index (χ3v) is 3.17. The Morgan fingerprint density at radius 2 is 2.24 bits per heavy atom. The molecule has 0 fully saturated rings. The van der Waals surface area contributed by atoms with Crippen LogP contribution in [0.5, 0.6) is 5.75 Å². The standard InChI is InChI=1S/C13H19NO2S/c1-9-4-5-12(15)11(8-9)13(16)14-10(2)6-7-17-3/h4-5,8,10,15H,6-7H2,1-3H3,(H,14,16). The molecule has 2 N–H and O–H groups in total. The molecule has 0 heterocycles. The van der Waals surface area contributed by atoms with E-state index < -0.39 is 0 Å². The molecule has 1 unspecified atom stereocenters. The summed E-state index contributed by atoms with van der Waals surface area (Å²) in [5.74, 6) is 0.839.